The molecule has 0 aliphatic rings. The van der Waals surface area contributed by atoms with E-state index in [1.165, 1.54) is 32.4 Å². The molecule has 1 aromatic rings. The van der Waals surface area contributed by atoms with E-state index in [1.54, 1.807) is 6.07 Å². The Bertz CT molecular complexity index is 448. The molecule has 0 spiro atoms. The second kappa shape index (κ2) is 7.29. The van der Waals surface area contributed by atoms with Gasteiger partial charge in [0.1, 0.15) is 0 Å². The van der Waals surface area contributed by atoms with Crippen LogP contribution < -0.4 is 10.6 Å². The molecule has 0 saturated carbocycles. The number of methoxy groups -OCH3 is 2. The third-order valence-corrected chi connectivity index (χ3v) is 2.27. The summed E-state index contributed by atoms with van der Waals surface area (Å²) in [6.45, 7) is 0.160. The van der Waals surface area contributed by atoms with Crippen molar-refractivity contribution in [2.45, 2.75) is 6.29 Å². The maximum absolute atomic E-state index is 11.5. The lowest BCUT2D eigenvalue weighted by molar-refractivity contribution is -0.384. The van der Waals surface area contributed by atoms with Gasteiger partial charge >= 0.3 is 6.03 Å². The van der Waals surface area contributed by atoms with Crippen molar-refractivity contribution in [3.8, 4) is 0 Å². The van der Waals surface area contributed by atoms with Crippen LogP contribution in [-0.4, -0.2) is 38.0 Å². The molecule has 1 rings (SSSR count). The number of carbonyl (C=O) groups is 1. The van der Waals surface area contributed by atoms with Gasteiger partial charge in [-0.15, -0.1) is 0 Å². The second-order valence-corrected chi connectivity index (χ2v) is 3.54. The summed E-state index contributed by atoms with van der Waals surface area (Å²) in [6.07, 6.45) is -0.546. The SMILES string of the molecule is COC(CNC(=O)Nc1cccc([N+](=O)[O-])c1)OC. The Labute approximate surface area is 109 Å². The first-order valence-electron chi connectivity index (χ1n) is 5.41. The molecule has 0 saturated heterocycles. The third-order valence-electron chi connectivity index (χ3n) is 2.27. The van der Waals surface area contributed by atoms with Crippen molar-refractivity contribution in [1.82, 2.24) is 5.32 Å². The average molecular weight is 269 g/mol. The van der Waals surface area contributed by atoms with E-state index in [2.05, 4.69) is 10.6 Å². The number of amides is 2. The van der Waals surface area contributed by atoms with Crippen molar-refractivity contribution >= 4 is 17.4 Å². The largest absolute Gasteiger partial charge is 0.354 e. The standard InChI is InChI=1S/C11H15N3O5/c1-18-10(19-2)7-12-11(15)13-8-4-3-5-9(6-8)14(16)17/h3-6,10H,7H2,1-2H3,(H2,12,13,15). The van der Waals surface area contributed by atoms with Crippen LogP contribution in [0, 0.1) is 10.1 Å². The normalized spacial score (nSPS) is 10.3. The van der Waals surface area contributed by atoms with Gasteiger partial charge in [-0.2, -0.15) is 0 Å². The number of rotatable bonds is 6. The molecule has 2 amide bonds. The summed E-state index contributed by atoms with van der Waals surface area (Å²) in [4.78, 5) is 21.6. The number of benzene rings is 1. The van der Waals surface area contributed by atoms with E-state index in [0.717, 1.165) is 0 Å². The zero-order valence-corrected chi connectivity index (χ0v) is 10.6. The molecule has 0 fully saturated rings. The fourth-order valence-electron chi connectivity index (χ4n) is 1.31. The van der Waals surface area contributed by atoms with Crippen LogP contribution in [0.2, 0.25) is 0 Å². The quantitative estimate of drug-likeness (QED) is 0.461. The molecular weight excluding hydrogens is 254 g/mol. The van der Waals surface area contributed by atoms with Gasteiger partial charge in [0.15, 0.2) is 6.29 Å². The Hall–Kier alpha value is -2.19. The van der Waals surface area contributed by atoms with Crippen molar-refractivity contribution in [2.75, 3.05) is 26.1 Å². The van der Waals surface area contributed by atoms with E-state index >= 15 is 0 Å². The molecule has 0 aliphatic carbocycles. The monoisotopic (exact) mass is 269 g/mol. The number of nitro groups is 1. The molecule has 19 heavy (non-hydrogen) atoms. The highest BCUT2D eigenvalue weighted by atomic mass is 16.7. The predicted molar refractivity (Wildman–Crippen MR) is 67.9 cm³/mol. The van der Waals surface area contributed by atoms with Gasteiger partial charge in [-0.05, 0) is 6.07 Å². The summed E-state index contributed by atoms with van der Waals surface area (Å²) < 4.78 is 9.79. The topological polar surface area (TPSA) is 103 Å². The van der Waals surface area contributed by atoms with E-state index < -0.39 is 17.2 Å². The Morgan fingerprint density at radius 1 is 1.42 bits per heavy atom. The van der Waals surface area contributed by atoms with Gasteiger partial charge < -0.3 is 20.1 Å². The number of ether oxygens (including phenoxy) is 2. The summed E-state index contributed by atoms with van der Waals surface area (Å²) in [6, 6.07) is 5.15. The van der Waals surface area contributed by atoms with Crippen LogP contribution in [-0.2, 0) is 9.47 Å². The van der Waals surface area contributed by atoms with E-state index in [0.29, 0.717) is 5.69 Å². The Morgan fingerprint density at radius 3 is 2.68 bits per heavy atom. The second-order valence-electron chi connectivity index (χ2n) is 3.54. The predicted octanol–water partition coefficient (Wildman–Crippen LogP) is 1.34. The van der Waals surface area contributed by atoms with Gasteiger partial charge in [-0.25, -0.2) is 4.79 Å². The van der Waals surface area contributed by atoms with E-state index in [9.17, 15) is 14.9 Å². The van der Waals surface area contributed by atoms with Crippen LogP contribution in [0.4, 0.5) is 16.2 Å². The highest BCUT2D eigenvalue weighted by molar-refractivity contribution is 5.89. The van der Waals surface area contributed by atoms with Crippen molar-refractivity contribution in [1.29, 1.82) is 0 Å². The minimum absolute atomic E-state index is 0.0931. The molecule has 2 N–H and O–H groups in total. The molecular formula is C11H15N3O5. The summed E-state index contributed by atoms with van der Waals surface area (Å²) in [5, 5.41) is 15.6. The zero-order chi connectivity index (χ0) is 14.3. The molecule has 0 radical (unpaired) electrons. The number of non-ortho nitro benzene ring substituents is 1. The Balaban J connectivity index is 2.52. The molecule has 0 bridgehead atoms. The van der Waals surface area contributed by atoms with Gasteiger partial charge in [0.25, 0.3) is 5.69 Å². The van der Waals surface area contributed by atoms with Crippen LogP contribution in [0.25, 0.3) is 0 Å². The highest BCUT2D eigenvalue weighted by Gasteiger charge is 2.10. The minimum atomic E-state index is -0.546. The Kier molecular flexibility index (Phi) is 5.71. The molecule has 8 heteroatoms. The maximum atomic E-state index is 11.5. The molecule has 1 aromatic carbocycles. The summed E-state index contributed by atoms with van der Waals surface area (Å²) in [7, 11) is 2.91. The fourth-order valence-corrected chi connectivity index (χ4v) is 1.31. The third kappa shape index (κ3) is 4.90. The van der Waals surface area contributed by atoms with Crippen LogP contribution in [0.15, 0.2) is 24.3 Å². The van der Waals surface area contributed by atoms with Crippen molar-refractivity contribution in [3.05, 3.63) is 34.4 Å². The molecule has 0 aliphatic heterocycles. The molecule has 104 valence electrons. The molecule has 8 nitrogen and oxygen atoms in total. The zero-order valence-electron chi connectivity index (χ0n) is 10.6. The molecule has 0 aromatic heterocycles. The smallest absolute Gasteiger partial charge is 0.319 e. The van der Waals surface area contributed by atoms with Gasteiger partial charge in [0.2, 0.25) is 0 Å². The molecule has 0 atom stereocenters. The molecule has 0 unspecified atom stereocenters. The van der Waals surface area contributed by atoms with E-state index in [4.69, 9.17) is 9.47 Å². The molecule has 0 heterocycles. The Morgan fingerprint density at radius 2 is 2.11 bits per heavy atom. The number of nitrogens with zero attached hydrogens (tertiary/aromatic N) is 1. The lowest BCUT2D eigenvalue weighted by atomic mass is 10.3. The average Bonchev–Trinajstić information content (AvgIpc) is 2.40. The van der Waals surface area contributed by atoms with Gasteiger partial charge in [-0.1, -0.05) is 6.07 Å². The lowest BCUT2D eigenvalue weighted by Crippen LogP contribution is -2.36. The van der Waals surface area contributed by atoms with Crippen molar-refractivity contribution in [3.63, 3.8) is 0 Å². The van der Waals surface area contributed by atoms with Gasteiger partial charge in [0.05, 0.1) is 11.5 Å². The number of hydrogen-bond acceptors (Lipinski definition) is 5. The lowest BCUT2D eigenvalue weighted by Gasteiger charge is -2.14. The van der Waals surface area contributed by atoms with E-state index in [-0.39, 0.29) is 12.2 Å². The van der Waals surface area contributed by atoms with Gasteiger partial charge in [0, 0.05) is 32.0 Å². The summed E-state index contributed by atoms with van der Waals surface area (Å²) in [5.74, 6) is 0. The number of carbonyl (C=O) groups excluding carboxylic acids is 1. The van der Waals surface area contributed by atoms with Gasteiger partial charge in [-0.3, -0.25) is 10.1 Å². The number of nitrogens with one attached hydrogen (secondary N) is 2. The first-order chi connectivity index (χ1) is 9.06. The minimum Gasteiger partial charge on any atom is -0.354 e. The van der Waals surface area contributed by atoms with Crippen LogP contribution in [0.1, 0.15) is 0 Å². The number of nitro benzene ring substituents is 1. The number of urea groups is 1. The summed E-state index contributed by atoms with van der Waals surface area (Å²) >= 11 is 0. The maximum Gasteiger partial charge on any atom is 0.319 e. The first kappa shape index (κ1) is 14.9. The van der Waals surface area contributed by atoms with Crippen LogP contribution in [0.3, 0.4) is 0 Å². The number of anilines is 1. The van der Waals surface area contributed by atoms with Crippen LogP contribution >= 0.6 is 0 Å². The van der Waals surface area contributed by atoms with E-state index in [1.807, 2.05) is 0 Å². The van der Waals surface area contributed by atoms with Crippen LogP contribution in [0.5, 0.6) is 0 Å². The number of hydrogen-bond donors (Lipinski definition) is 2. The van der Waals surface area contributed by atoms with Crippen molar-refractivity contribution in [2.24, 2.45) is 0 Å². The highest BCUT2D eigenvalue weighted by Crippen LogP contribution is 2.16. The fraction of sp³-hybridized carbons (Fsp3) is 0.364. The summed E-state index contributed by atoms with van der Waals surface area (Å²) in [5.41, 5.74) is 0.238. The first-order valence-corrected chi connectivity index (χ1v) is 5.41. The van der Waals surface area contributed by atoms with Crippen molar-refractivity contribution < 1.29 is 19.2 Å².